The minimum atomic E-state index is -0.120. The smallest absolute Gasteiger partial charge is 0.128 e. The molecule has 0 amide bonds. The van der Waals surface area contributed by atoms with Crippen molar-refractivity contribution in [3.8, 4) is 0 Å². The predicted molar refractivity (Wildman–Crippen MR) is 83.8 cm³/mol. The minimum absolute atomic E-state index is 0.0941. The first-order valence-corrected chi connectivity index (χ1v) is 7.81. The standard InChI is InChI=1S/C16H25BrFN/c1-5-10-19-15(8-9-16(2,3)4)13-11-12(17)6-7-14(13)18/h6-7,11,15,19H,5,8-10H2,1-4H3. The van der Waals surface area contributed by atoms with Crippen LogP contribution < -0.4 is 5.32 Å². The molecule has 19 heavy (non-hydrogen) atoms. The molecule has 0 radical (unpaired) electrons. The van der Waals surface area contributed by atoms with Crippen LogP contribution in [0.1, 0.15) is 58.6 Å². The van der Waals surface area contributed by atoms with Crippen LogP contribution >= 0.6 is 15.9 Å². The maximum atomic E-state index is 14.0. The van der Waals surface area contributed by atoms with E-state index in [1.54, 1.807) is 6.07 Å². The van der Waals surface area contributed by atoms with Gasteiger partial charge in [-0.2, -0.15) is 0 Å². The van der Waals surface area contributed by atoms with Crippen molar-refractivity contribution in [2.24, 2.45) is 5.41 Å². The van der Waals surface area contributed by atoms with Crippen LogP contribution in [0.4, 0.5) is 4.39 Å². The molecule has 0 spiro atoms. The monoisotopic (exact) mass is 329 g/mol. The Morgan fingerprint density at radius 2 is 2.00 bits per heavy atom. The van der Waals surface area contributed by atoms with E-state index in [4.69, 9.17) is 0 Å². The zero-order valence-corrected chi connectivity index (χ0v) is 14.0. The molecule has 0 fully saturated rings. The highest BCUT2D eigenvalue weighted by molar-refractivity contribution is 9.10. The van der Waals surface area contributed by atoms with Gasteiger partial charge in [0.2, 0.25) is 0 Å². The molecule has 1 rings (SSSR count). The quantitative estimate of drug-likeness (QED) is 0.731. The molecule has 1 aromatic rings. The Bertz CT molecular complexity index is 398. The van der Waals surface area contributed by atoms with Gasteiger partial charge in [0.25, 0.3) is 0 Å². The summed E-state index contributed by atoms with van der Waals surface area (Å²) in [7, 11) is 0. The zero-order valence-electron chi connectivity index (χ0n) is 12.4. The molecule has 0 aliphatic carbocycles. The van der Waals surface area contributed by atoms with E-state index in [0.29, 0.717) is 0 Å². The lowest BCUT2D eigenvalue weighted by Crippen LogP contribution is -2.24. The molecular formula is C16H25BrFN. The van der Waals surface area contributed by atoms with Gasteiger partial charge < -0.3 is 5.32 Å². The van der Waals surface area contributed by atoms with Crippen LogP contribution in [0.2, 0.25) is 0 Å². The summed E-state index contributed by atoms with van der Waals surface area (Å²) in [6.07, 6.45) is 3.08. The van der Waals surface area contributed by atoms with Crippen molar-refractivity contribution in [3.05, 3.63) is 34.1 Å². The lowest BCUT2D eigenvalue weighted by Gasteiger charge is -2.25. The fourth-order valence-corrected chi connectivity index (χ4v) is 2.42. The summed E-state index contributed by atoms with van der Waals surface area (Å²) in [5.41, 5.74) is 1.04. The lowest BCUT2D eigenvalue weighted by atomic mass is 9.87. The SMILES string of the molecule is CCCNC(CCC(C)(C)C)c1cc(Br)ccc1F. The largest absolute Gasteiger partial charge is 0.310 e. The fourth-order valence-electron chi connectivity index (χ4n) is 2.05. The van der Waals surface area contributed by atoms with E-state index in [0.717, 1.165) is 35.8 Å². The third-order valence-corrected chi connectivity index (χ3v) is 3.65. The average molecular weight is 330 g/mol. The fraction of sp³-hybridized carbons (Fsp3) is 0.625. The summed E-state index contributed by atoms with van der Waals surface area (Å²) in [4.78, 5) is 0. The van der Waals surface area contributed by atoms with Crippen molar-refractivity contribution in [1.29, 1.82) is 0 Å². The maximum Gasteiger partial charge on any atom is 0.128 e. The highest BCUT2D eigenvalue weighted by Gasteiger charge is 2.19. The molecule has 1 unspecified atom stereocenters. The Balaban J connectivity index is 2.85. The van der Waals surface area contributed by atoms with E-state index >= 15 is 0 Å². The van der Waals surface area contributed by atoms with Crippen LogP contribution in [0, 0.1) is 11.2 Å². The Hall–Kier alpha value is -0.410. The van der Waals surface area contributed by atoms with E-state index in [1.807, 2.05) is 6.07 Å². The average Bonchev–Trinajstić information content (AvgIpc) is 2.32. The summed E-state index contributed by atoms with van der Waals surface area (Å²) < 4.78 is 14.9. The molecule has 1 aromatic carbocycles. The van der Waals surface area contributed by atoms with Crippen LogP contribution in [-0.4, -0.2) is 6.54 Å². The van der Waals surface area contributed by atoms with E-state index in [-0.39, 0.29) is 17.3 Å². The lowest BCUT2D eigenvalue weighted by molar-refractivity contribution is 0.329. The van der Waals surface area contributed by atoms with E-state index in [9.17, 15) is 4.39 Å². The number of hydrogen-bond donors (Lipinski definition) is 1. The number of nitrogens with one attached hydrogen (secondary N) is 1. The van der Waals surface area contributed by atoms with Gasteiger partial charge in [-0.3, -0.25) is 0 Å². The minimum Gasteiger partial charge on any atom is -0.310 e. The normalized spacial score (nSPS) is 13.6. The molecular weight excluding hydrogens is 305 g/mol. The Morgan fingerprint density at radius 1 is 1.32 bits per heavy atom. The Labute approximate surface area is 125 Å². The molecule has 0 saturated carbocycles. The third kappa shape index (κ3) is 6.05. The first-order valence-electron chi connectivity index (χ1n) is 7.02. The number of hydrogen-bond acceptors (Lipinski definition) is 1. The van der Waals surface area contributed by atoms with E-state index < -0.39 is 0 Å². The molecule has 0 aliphatic rings. The van der Waals surface area contributed by atoms with Crippen LogP contribution in [0.25, 0.3) is 0 Å². The van der Waals surface area contributed by atoms with Gasteiger partial charge in [0.05, 0.1) is 0 Å². The van der Waals surface area contributed by atoms with Gasteiger partial charge in [0.1, 0.15) is 5.82 Å². The van der Waals surface area contributed by atoms with Crippen molar-refractivity contribution in [2.75, 3.05) is 6.54 Å². The summed E-state index contributed by atoms with van der Waals surface area (Å²) in [5, 5.41) is 3.47. The summed E-state index contributed by atoms with van der Waals surface area (Å²) >= 11 is 3.43. The highest BCUT2D eigenvalue weighted by atomic mass is 79.9. The Morgan fingerprint density at radius 3 is 2.58 bits per heavy atom. The number of rotatable bonds is 6. The van der Waals surface area contributed by atoms with Crippen molar-refractivity contribution < 1.29 is 4.39 Å². The van der Waals surface area contributed by atoms with Crippen LogP contribution in [0.3, 0.4) is 0 Å². The van der Waals surface area contributed by atoms with Gasteiger partial charge in [-0.1, -0.05) is 43.6 Å². The predicted octanol–water partition coefficient (Wildman–Crippen LogP) is 5.46. The van der Waals surface area contributed by atoms with Gasteiger partial charge in [0.15, 0.2) is 0 Å². The first-order chi connectivity index (χ1) is 8.83. The molecule has 0 aromatic heterocycles. The van der Waals surface area contributed by atoms with Crippen molar-refractivity contribution in [3.63, 3.8) is 0 Å². The van der Waals surface area contributed by atoms with Crippen LogP contribution in [0.15, 0.2) is 22.7 Å². The highest BCUT2D eigenvalue weighted by Crippen LogP contribution is 2.30. The topological polar surface area (TPSA) is 12.0 Å². The second-order valence-corrected chi connectivity index (χ2v) is 7.19. The third-order valence-electron chi connectivity index (χ3n) is 3.16. The molecule has 0 heterocycles. The first kappa shape index (κ1) is 16.6. The van der Waals surface area contributed by atoms with Gasteiger partial charge in [-0.25, -0.2) is 4.39 Å². The van der Waals surface area contributed by atoms with Gasteiger partial charge in [0, 0.05) is 16.1 Å². The van der Waals surface area contributed by atoms with E-state index in [2.05, 4.69) is 48.9 Å². The van der Waals surface area contributed by atoms with Gasteiger partial charge in [-0.05, 0) is 49.4 Å². The molecule has 1 atom stereocenters. The second-order valence-electron chi connectivity index (χ2n) is 6.27. The summed E-state index contributed by atoms with van der Waals surface area (Å²) in [5.74, 6) is -0.120. The number of benzene rings is 1. The second kappa shape index (κ2) is 7.39. The van der Waals surface area contributed by atoms with Crippen molar-refractivity contribution >= 4 is 15.9 Å². The van der Waals surface area contributed by atoms with Crippen LogP contribution in [-0.2, 0) is 0 Å². The molecule has 1 nitrogen and oxygen atoms in total. The number of halogens is 2. The summed E-state index contributed by atoms with van der Waals surface area (Å²) in [6.45, 7) is 9.72. The molecule has 3 heteroatoms. The van der Waals surface area contributed by atoms with Crippen molar-refractivity contribution in [2.45, 2.75) is 53.0 Å². The van der Waals surface area contributed by atoms with Gasteiger partial charge in [-0.15, -0.1) is 0 Å². The zero-order chi connectivity index (χ0) is 14.5. The van der Waals surface area contributed by atoms with Gasteiger partial charge >= 0.3 is 0 Å². The Kier molecular flexibility index (Phi) is 6.48. The van der Waals surface area contributed by atoms with Crippen LogP contribution in [0.5, 0.6) is 0 Å². The van der Waals surface area contributed by atoms with Crippen molar-refractivity contribution in [1.82, 2.24) is 5.32 Å². The van der Waals surface area contributed by atoms with E-state index in [1.165, 1.54) is 6.07 Å². The molecule has 1 N–H and O–H groups in total. The molecule has 0 saturated heterocycles. The molecule has 108 valence electrons. The summed E-state index contributed by atoms with van der Waals surface area (Å²) in [6, 6.07) is 5.28. The maximum absolute atomic E-state index is 14.0. The molecule has 0 bridgehead atoms. The molecule has 0 aliphatic heterocycles.